The molecule has 0 aromatic rings. The predicted molar refractivity (Wildman–Crippen MR) is 63.1 cm³/mol. The highest BCUT2D eigenvalue weighted by atomic mass is 127. The van der Waals surface area contributed by atoms with Crippen LogP contribution in [0.2, 0.25) is 0 Å². The number of hydrogen-bond donors (Lipinski definition) is 0. The van der Waals surface area contributed by atoms with Crippen LogP contribution in [0.15, 0.2) is 17.7 Å². The average molecular weight is 318 g/mol. The van der Waals surface area contributed by atoms with Crippen molar-refractivity contribution < 1.29 is 0 Å². The minimum atomic E-state index is 0.559. The molecule has 0 spiro atoms. The van der Waals surface area contributed by atoms with E-state index in [-0.39, 0.29) is 0 Å². The highest BCUT2D eigenvalue weighted by molar-refractivity contribution is 14.1. The van der Waals surface area contributed by atoms with Crippen LogP contribution in [0.5, 0.6) is 0 Å². The zero-order chi connectivity index (χ0) is 9.54. The van der Waals surface area contributed by atoms with E-state index in [1.165, 1.54) is 5.03 Å². The summed E-state index contributed by atoms with van der Waals surface area (Å²) in [5.74, 6) is 1.88. The molecule has 3 heterocycles. The second-order valence-corrected chi connectivity index (χ2v) is 5.01. The SMILES string of the molecule is ICC1CSc2c3ncnc-3ncn21. The number of rotatable bonds is 1. The third-order valence-electron chi connectivity index (χ3n) is 2.30. The Morgan fingerprint density at radius 2 is 2.43 bits per heavy atom. The molecule has 1 unspecified atom stereocenters. The number of nitrogens with zero attached hydrogens (tertiary/aromatic N) is 4. The summed E-state index contributed by atoms with van der Waals surface area (Å²) in [5.41, 5.74) is 0.949. The molecule has 1 atom stereocenters. The van der Waals surface area contributed by atoms with E-state index in [1.54, 1.807) is 6.33 Å². The fraction of sp³-hybridized carbons (Fsp3) is 0.375. The number of alkyl halides is 1. The molecule has 0 aromatic carbocycles. The van der Waals surface area contributed by atoms with E-state index in [2.05, 4.69) is 42.1 Å². The Labute approximate surface area is 99.0 Å². The van der Waals surface area contributed by atoms with Gasteiger partial charge in [0, 0.05) is 10.2 Å². The Balaban J connectivity index is 2.22. The van der Waals surface area contributed by atoms with Gasteiger partial charge in [0.25, 0.3) is 0 Å². The zero-order valence-corrected chi connectivity index (χ0v) is 10.2. The summed E-state index contributed by atoms with van der Waals surface area (Å²) in [7, 11) is 0. The highest BCUT2D eigenvalue weighted by Gasteiger charge is 2.26. The second kappa shape index (κ2) is 3.34. The van der Waals surface area contributed by atoms with Crippen molar-refractivity contribution in [2.45, 2.75) is 11.1 Å². The number of aromatic nitrogens is 4. The van der Waals surface area contributed by atoms with Gasteiger partial charge in [-0.05, 0) is 0 Å². The van der Waals surface area contributed by atoms with Gasteiger partial charge in [0.1, 0.15) is 17.0 Å². The first-order valence-electron chi connectivity index (χ1n) is 4.26. The molecule has 0 saturated carbocycles. The standard InChI is InChI=1S/C8H7IN4S/c9-1-5-2-14-8-6-7(11-3-10-6)12-4-13(5)8/h3-5H,1-2H2. The van der Waals surface area contributed by atoms with Gasteiger partial charge in [-0.15, -0.1) is 11.8 Å². The topological polar surface area (TPSA) is 43.6 Å². The molecule has 0 saturated heterocycles. The molecule has 0 aliphatic carbocycles. The number of imidazole rings is 1. The van der Waals surface area contributed by atoms with Crippen molar-refractivity contribution in [2.75, 3.05) is 10.2 Å². The molecule has 0 radical (unpaired) electrons. The molecule has 0 fully saturated rings. The van der Waals surface area contributed by atoms with Gasteiger partial charge in [0.15, 0.2) is 5.82 Å². The van der Waals surface area contributed by atoms with E-state index >= 15 is 0 Å². The average Bonchev–Trinajstić information content (AvgIpc) is 2.82. The van der Waals surface area contributed by atoms with E-state index in [9.17, 15) is 0 Å². The van der Waals surface area contributed by atoms with E-state index in [1.807, 2.05) is 18.1 Å². The van der Waals surface area contributed by atoms with Crippen molar-refractivity contribution in [2.24, 2.45) is 0 Å². The summed E-state index contributed by atoms with van der Waals surface area (Å²) in [6.45, 7) is 0. The molecular formula is C8H7IN4S. The van der Waals surface area contributed by atoms with Crippen LogP contribution in [0.1, 0.15) is 6.04 Å². The van der Waals surface area contributed by atoms with Crippen molar-refractivity contribution >= 4 is 34.4 Å². The normalized spacial score (nSPS) is 20.2. The van der Waals surface area contributed by atoms with Crippen molar-refractivity contribution in [3.8, 4) is 11.5 Å². The van der Waals surface area contributed by atoms with Gasteiger partial charge in [-0.2, -0.15) is 0 Å². The number of halogens is 1. The quantitative estimate of drug-likeness (QED) is 0.457. The lowest BCUT2D eigenvalue weighted by molar-refractivity contribution is 0.584. The molecular weight excluding hydrogens is 311 g/mol. The summed E-state index contributed by atoms with van der Waals surface area (Å²) in [6, 6.07) is 0.559. The molecule has 0 amide bonds. The monoisotopic (exact) mass is 318 g/mol. The maximum atomic E-state index is 4.28. The second-order valence-electron chi connectivity index (χ2n) is 3.12. The van der Waals surface area contributed by atoms with Crippen LogP contribution in [0.25, 0.3) is 11.5 Å². The summed E-state index contributed by atoms with van der Waals surface area (Å²) >= 11 is 4.26. The van der Waals surface area contributed by atoms with E-state index < -0.39 is 0 Å². The lowest BCUT2D eigenvalue weighted by Gasteiger charge is -2.11. The van der Waals surface area contributed by atoms with Crippen molar-refractivity contribution in [1.82, 2.24) is 19.5 Å². The van der Waals surface area contributed by atoms with Crippen LogP contribution in [-0.2, 0) is 0 Å². The summed E-state index contributed by atoms with van der Waals surface area (Å²) in [4.78, 5) is 12.6. The van der Waals surface area contributed by atoms with Gasteiger partial charge < -0.3 is 4.57 Å². The smallest absolute Gasteiger partial charge is 0.183 e. The molecule has 4 nitrogen and oxygen atoms in total. The Bertz CT molecular complexity index is 443. The molecule has 0 aromatic heterocycles. The lowest BCUT2D eigenvalue weighted by atomic mass is 10.3. The molecule has 14 heavy (non-hydrogen) atoms. The Kier molecular flexibility index (Phi) is 2.12. The number of fused-ring (bicyclic) bond motifs is 3. The first kappa shape index (κ1) is 8.90. The minimum Gasteiger partial charge on any atom is -0.320 e. The molecule has 3 aliphatic heterocycles. The molecule has 6 heteroatoms. The van der Waals surface area contributed by atoms with Crippen LogP contribution < -0.4 is 0 Å². The maximum Gasteiger partial charge on any atom is 0.183 e. The Hall–Kier alpha value is -0.370. The van der Waals surface area contributed by atoms with Gasteiger partial charge in [-0.25, -0.2) is 15.0 Å². The van der Waals surface area contributed by atoms with Gasteiger partial charge in [-0.3, -0.25) is 0 Å². The van der Waals surface area contributed by atoms with Gasteiger partial charge in [0.05, 0.1) is 12.4 Å². The molecule has 3 aliphatic rings. The summed E-state index contributed by atoms with van der Waals surface area (Å²) in [5, 5.41) is 1.22. The molecule has 3 rings (SSSR count). The van der Waals surface area contributed by atoms with Gasteiger partial charge >= 0.3 is 0 Å². The predicted octanol–water partition coefficient (Wildman–Crippen LogP) is 1.86. The molecule has 0 N–H and O–H groups in total. The van der Waals surface area contributed by atoms with Crippen molar-refractivity contribution in [3.05, 3.63) is 12.7 Å². The van der Waals surface area contributed by atoms with Crippen LogP contribution in [0, 0.1) is 0 Å². The Morgan fingerprint density at radius 1 is 1.50 bits per heavy atom. The molecule has 0 bridgehead atoms. The number of thioether (sulfide) groups is 1. The van der Waals surface area contributed by atoms with Crippen LogP contribution in [-0.4, -0.2) is 29.7 Å². The summed E-state index contributed by atoms with van der Waals surface area (Å²) in [6.07, 6.45) is 3.46. The van der Waals surface area contributed by atoms with Gasteiger partial charge in [-0.1, -0.05) is 22.6 Å². The Morgan fingerprint density at radius 3 is 3.29 bits per heavy atom. The lowest BCUT2D eigenvalue weighted by Crippen LogP contribution is -2.09. The third kappa shape index (κ3) is 1.16. The van der Waals surface area contributed by atoms with Gasteiger partial charge in [0.2, 0.25) is 0 Å². The van der Waals surface area contributed by atoms with Crippen LogP contribution >= 0.6 is 34.4 Å². The van der Waals surface area contributed by atoms with Crippen LogP contribution in [0.3, 0.4) is 0 Å². The maximum absolute atomic E-state index is 4.28. The highest BCUT2D eigenvalue weighted by Crippen LogP contribution is 2.38. The number of hydrogen-bond acceptors (Lipinski definition) is 4. The van der Waals surface area contributed by atoms with E-state index in [0.717, 1.165) is 21.7 Å². The first-order valence-corrected chi connectivity index (χ1v) is 6.77. The van der Waals surface area contributed by atoms with Crippen molar-refractivity contribution in [1.29, 1.82) is 0 Å². The third-order valence-corrected chi connectivity index (χ3v) is 4.55. The van der Waals surface area contributed by atoms with E-state index in [4.69, 9.17) is 0 Å². The fourth-order valence-electron chi connectivity index (χ4n) is 1.57. The first-order chi connectivity index (χ1) is 6.90. The fourth-order valence-corrected chi connectivity index (χ4v) is 3.99. The largest absolute Gasteiger partial charge is 0.320 e. The van der Waals surface area contributed by atoms with E-state index in [0.29, 0.717) is 6.04 Å². The molecule has 72 valence electrons. The van der Waals surface area contributed by atoms with Crippen LogP contribution in [0.4, 0.5) is 0 Å². The summed E-state index contributed by atoms with van der Waals surface area (Å²) < 4.78 is 3.33. The van der Waals surface area contributed by atoms with Crippen molar-refractivity contribution in [3.63, 3.8) is 0 Å². The zero-order valence-electron chi connectivity index (χ0n) is 7.22. The minimum absolute atomic E-state index is 0.559.